The van der Waals surface area contributed by atoms with Crippen molar-refractivity contribution in [2.45, 2.75) is 19.4 Å². The first kappa shape index (κ1) is 26.3. The molecule has 0 fully saturated rings. The summed E-state index contributed by atoms with van der Waals surface area (Å²) in [4.78, 5) is 26.8. The number of ether oxygens (including phenoxy) is 3. The second kappa shape index (κ2) is 11.2. The summed E-state index contributed by atoms with van der Waals surface area (Å²) in [5.74, 6) is -1.29. The molecule has 3 aromatic heterocycles. The van der Waals surface area contributed by atoms with Gasteiger partial charge in [0, 0.05) is 29.7 Å². The Labute approximate surface area is 223 Å². The van der Waals surface area contributed by atoms with Crippen LogP contribution in [-0.2, 0) is 6.61 Å². The maximum absolute atomic E-state index is 15.2. The number of rotatable bonds is 9. The minimum absolute atomic E-state index is 0.0318. The number of benzene rings is 2. The Bertz CT molecular complexity index is 1650. The van der Waals surface area contributed by atoms with E-state index in [0.717, 1.165) is 18.0 Å². The molecule has 0 radical (unpaired) electrons. The van der Waals surface area contributed by atoms with Crippen molar-refractivity contribution in [3.8, 4) is 34.6 Å². The lowest BCUT2D eigenvalue weighted by Crippen LogP contribution is -2.20. The topological polar surface area (TPSA) is 127 Å². The summed E-state index contributed by atoms with van der Waals surface area (Å²) >= 11 is 0. The third kappa shape index (κ3) is 5.60. The van der Waals surface area contributed by atoms with E-state index in [2.05, 4.69) is 24.7 Å². The zero-order valence-electron chi connectivity index (χ0n) is 20.2. The Balaban J connectivity index is 1.60. The lowest BCUT2D eigenvalue weighted by atomic mass is 10.2. The summed E-state index contributed by atoms with van der Waals surface area (Å²) in [6.07, 6.45) is -4.00. The van der Waals surface area contributed by atoms with Gasteiger partial charge in [0.05, 0.1) is 11.2 Å². The molecule has 204 valence electrons. The zero-order valence-corrected chi connectivity index (χ0v) is 20.2. The van der Waals surface area contributed by atoms with Gasteiger partial charge in [-0.15, -0.1) is 0 Å². The Morgan fingerprint density at radius 2 is 1.73 bits per heavy atom. The number of fused-ring (bicyclic) bond motifs is 1. The van der Waals surface area contributed by atoms with Gasteiger partial charge in [-0.05, 0) is 23.8 Å². The number of nitrogens with zero attached hydrogens (tertiary/aromatic N) is 5. The van der Waals surface area contributed by atoms with Crippen LogP contribution in [0.4, 0.5) is 22.4 Å². The highest BCUT2D eigenvalue weighted by Gasteiger charge is 2.26. The first-order valence-electron chi connectivity index (χ1n) is 11.5. The van der Waals surface area contributed by atoms with Crippen molar-refractivity contribution >= 4 is 17.1 Å². The van der Waals surface area contributed by atoms with Gasteiger partial charge >= 0.3 is 18.5 Å². The van der Waals surface area contributed by atoms with Gasteiger partial charge in [-0.1, -0.05) is 30.3 Å². The molecule has 0 spiro atoms. The highest BCUT2D eigenvalue weighted by Crippen LogP contribution is 2.36. The van der Waals surface area contributed by atoms with Crippen molar-refractivity contribution < 1.29 is 36.6 Å². The number of aromatic nitrogens is 5. The van der Waals surface area contributed by atoms with Crippen LogP contribution in [0.1, 0.15) is 5.56 Å². The van der Waals surface area contributed by atoms with Crippen LogP contribution in [0, 0.1) is 5.82 Å². The van der Waals surface area contributed by atoms with E-state index in [4.69, 9.17) is 15.2 Å². The Hall–Kier alpha value is -5.27. The van der Waals surface area contributed by atoms with Gasteiger partial charge in [-0.2, -0.15) is 9.37 Å². The van der Waals surface area contributed by atoms with Crippen LogP contribution in [0.25, 0.3) is 28.0 Å². The van der Waals surface area contributed by atoms with Crippen molar-refractivity contribution in [1.29, 1.82) is 0 Å². The normalized spacial score (nSPS) is 11.9. The summed E-state index contributed by atoms with van der Waals surface area (Å²) in [7, 11) is 0. The maximum Gasteiger partial charge on any atom is 0.412 e. The van der Waals surface area contributed by atoms with E-state index in [1.54, 1.807) is 0 Å². The molecule has 0 saturated carbocycles. The van der Waals surface area contributed by atoms with Crippen LogP contribution < -0.4 is 19.9 Å². The summed E-state index contributed by atoms with van der Waals surface area (Å²) in [6.45, 7) is 0.114. The first-order chi connectivity index (χ1) is 19.3. The van der Waals surface area contributed by atoms with E-state index in [9.17, 15) is 18.0 Å². The molecule has 0 saturated heterocycles. The van der Waals surface area contributed by atoms with Crippen LogP contribution in [0.3, 0.4) is 0 Å². The highest BCUT2D eigenvalue weighted by molar-refractivity contribution is 5.89. The second-order valence-corrected chi connectivity index (χ2v) is 8.15. The number of nitrogens with two attached hydrogens (primary N) is 1. The van der Waals surface area contributed by atoms with E-state index < -0.39 is 30.6 Å². The summed E-state index contributed by atoms with van der Waals surface area (Å²) < 4.78 is 71.4. The molecule has 2 aromatic carbocycles. The molecular weight excluding hydrogens is 536 g/mol. The molecule has 3 heterocycles. The first-order valence-corrected chi connectivity index (χ1v) is 11.5. The highest BCUT2D eigenvalue weighted by atomic mass is 19.3. The smallest absolute Gasteiger partial charge is 0.412 e. The van der Waals surface area contributed by atoms with Gasteiger partial charge in [0.25, 0.3) is 6.36 Å². The van der Waals surface area contributed by atoms with Crippen LogP contribution in [0.5, 0.6) is 17.6 Å². The third-order valence-electron chi connectivity index (χ3n) is 5.50. The number of halogens is 4. The Kier molecular flexibility index (Phi) is 7.39. The monoisotopic (exact) mass is 554 g/mol. The largest absolute Gasteiger partial charge is 0.486 e. The molecule has 40 heavy (non-hydrogen) atoms. The predicted octanol–water partition coefficient (Wildman–Crippen LogP) is 4.99. The lowest BCUT2D eigenvalue weighted by molar-refractivity contribution is -0.0683. The average Bonchev–Trinajstić information content (AvgIpc) is 3.33. The van der Waals surface area contributed by atoms with E-state index in [1.165, 1.54) is 35.2 Å². The fraction of sp³-hybridized carbons (Fsp3) is 0.115. The summed E-state index contributed by atoms with van der Waals surface area (Å²) in [5.41, 5.74) is 6.67. The van der Waals surface area contributed by atoms with Gasteiger partial charge in [0.1, 0.15) is 18.5 Å². The van der Waals surface area contributed by atoms with E-state index >= 15 is 4.39 Å². The lowest BCUT2D eigenvalue weighted by Gasteiger charge is -2.15. The maximum atomic E-state index is 15.2. The fourth-order valence-electron chi connectivity index (χ4n) is 3.80. The van der Waals surface area contributed by atoms with E-state index in [1.807, 2.05) is 30.3 Å². The summed E-state index contributed by atoms with van der Waals surface area (Å²) in [5, 5.41) is 0. The number of hydrogen-bond donors (Lipinski definition) is 1. The number of carbonyl (C=O) groups excluding carboxylic acids is 1. The number of hydrogen-bond acceptors (Lipinski definition) is 8. The van der Waals surface area contributed by atoms with Gasteiger partial charge in [0.2, 0.25) is 5.88 Å². The molecule has 5 rings (SSSR count). The van der Waals surface area contributed by atoms with E-state index in [-0.39, 0.29) is 40.8 Å². The fourth-order valence-corrected chi connectivity index (χ4v) is 3.80. The molecule has 0 aliphatic carbocycles. The van der Waals surface area contributed by atoms with Crippen LogP contribution in [0.2, 0.25) is 0 Å². The number of amides is 1. The molecule has 0 aliphatic rings. The number of alkyl halides is 3. The second-order valence-electron chi connectivity index (χ2n) is 8.15. The molecule has 1 amide bonds. The molecule has 0 aliphatic heterocycles. The molecule has 2 N–H and O–H groups in total. The quantitative estimate of drug-likeness (QED) is 0.253. The number of carbonyl (C=O) groups is 1. The minimum Gasteiger partial charge on any atom is -0.486 e. The Morgan fingerprint density at radius 3 is 2.40 bits per heavy atom. The predicted molar refractivity (Wildman–Crippen MR) is 132 cm³/mol. The van der Waals surface area contributed by atoms with Gasteiger partial charge < -0.3 is 24.5 Å². The SMILES string of the molecule is NC(=O)Oc1ncc(-c2cc3ncnc(OC(F)C(F)F)c3n2-c2ccc(OCc3ccccc3)c(F)c2)cn1. The number of primary amides is 1. The third-order valence-corrected chi connectivity index (χ3v) is 5.50. The molecule has 1 atom stereocenters. The van der Waals surface area contributed by atoms with Gasteiger partial charge in [0.15, 0.2) is 11.6 Å². The standard InChI is InChI=1S/C26H18F4N6O4/c27-17-8-16(6-7-20(17)38-12-14-4-2-1-3-5-14)36-19(15-10-32-26(33-11-15)40-25(31)37)9-18-21(36)24(35-13-34-18)39-23(30)22(28)29/h1-11,13,22-23H,12H2,(H2,31,37). The molecule has 0 bridgehead atoms. The summed E-state index contributed by atoms with van der Waals surface area (Å²) in [6, 6.07) is 14.3. The van der Waals surface area contributed by atoms with Crippen LogP contribution >= 0.6 is 0 Å². The van der Waals surface area contributed by atoms with Crippen molar-refractivity contribution in [1.82, 2.24) is 24.5 Å². The molecule has 14 heteroatoms. The van der Waals surface area contributed by atoms with Crippen molar-refractivity contribution in [3.63, 3.8) is 0 Å². The van der Waals surface area contributed by atoms with Crippen molar-refractivity contribution in [3.05, 3.63) is 84.7 Å². The minimum atomic E-state index is -3.45. The zero-order chi connectivity index (χ0) is 28.2. The van der Waals surface area contributed by atoms with E-state index in [0.29, 0.717) is 5.56 Å². The Morgan fingerprint density at radius 1 is 0.975 bits per heavy atom. The van der Waals surface area contributed by atoms with Crippen molar-refractivity contribution in [2.75, 3.05) is 0 Å². The van der Waals surface area contributed by atoms with Crippen LogP contribution in [0.15, 0.2) is 73.3 Å². The van der Waals surface area contributed by atoms with Crippen molar-refractivity contribution in [2.24, 2.45) is 5.73 Å². The molecular formula is C26H18F4N6O4. The van der Waals surface area contributed by atoms with Gasteiger partial charge in [-0.25, -0.2) is 32.9 Å². The average molecular weight is 554 g/mol. The molecule has 10 nitrogen and oxygen atoms in total. The molecule has 1 unspecified atom stereocenters. The van der Waals surface area contributed by atoms with Gasteiger partial charge in [-0.3, -0.25) is 0 Å². The molecule has 5 aromatic rings. The van der Waals surface area contributed by atoms with Crippen LogP contribution in [-0.4, -0.2) is 43.4 Å².